The maximum absolute atomic E-state index is 0. The van der Waals surface area contributed by atoms with Crippen LogP contribution in [0.2, 0.25) is 0 Å². The Kier molecular flexibility index (Phi) is 412. The summed E-state index contributed by atoms with van der Waals surface area (Å²) in [6.07, 6.45) is 0. The van der Waals surface area contributed by atoms with Crippen molar-refractivity contribution in [2.45, 2.75) is 0 Å². The summed E-state index contributed by atoms with van der Waals surface area (Å²) in [6.45, 7) is 0. The fraction of sp³-hybridized carbons (Fsp3) is 0. The maximum Gasteiger partial charge on any atom is 4.00 e. The van der Waals surface area contributed by atoms with Crippen LogP contribution in [0.4, 0.5) is 0 Å². The molecule has 0 aliphatic rings. The summed E-state index contributed by atoms with van der Waals surface area (Å²) in [7, 11) is 0. The zero-order valence-electron chi connectivity index (χ0n) is 1.69. The second-order valence-electron chi connectivity index (χ2n) is 0. The van der Waals surface area contributed by atoms with Crippen molar-refractivity contribution in [2.75, 3.05) is 0 Å². The molecule has 0 fully saturated rings. The molecule has 0 atom stereocenters. The second-order valence-corrected chi connectivity index (χ2v) is 0. The van der Waals surface area contributed by atoms with E-state index >= 15 is 0 Å². The molecule has 0 aliphatic carbocycles. The van der Waals surface area contributed by atoms with Gasteiger partial charge < -0.3 is 11.0 Å². The van der Waals surface area contributed by atoms with E-state index in [4.69, 9.17) is 0 Å². The van der Waals surface area contributed by atoms with Crippen LogP contribution in [-0.2, 0) is 52.8 Å². The smallest absolute Gasteiger partial charge is 2.00 e. The summed E-state index contributed by atoms with van der Waals surface area (Å²) in [5.41, 5.74) is 0. The van der Waals surface area contributed by atoms with Crippen LogP contribution in [0.3, 0.4) is 0 Å². The van der Waals surface area contributed by atoms with Gasteiger partial charge in [-0.15, -0.1) is 0 Å². The van der Waals surface area contributed by atoms with Gasteiger partial charge in [-0.25, -0.2) is 0 Å². The summed E-state index contributed by atoms with van der Waals surface area (Å²) >= 11 is 0. The topological polar surface area (TPSA) is 57.0 Å². The molecular weight excluding hydrogens is 178 g/mol. The molecule has 0 saturated heterocycles. The Morgan fingerprint density at radius 3 is 0.750 bits per heavy atom. The Labute approximate surface area is 52.8 Å². The van der Waals surface area contributed by atoms with Crippen molar-refractivity contribution in [2.24, 2.45) is 0 Å². The summed E-state index contributed by atoms with van der Waals surface area (Å²) in [5.74, 6) is 0. The van der Waals surface area contributed by atoms with E-state index in [0.29, 0.717) is 0 Å². The first kappa shape index (κ1) is 58.8. The van der Waals surface area contributed by atoms with E-state index in [1.807, 2.05) is 0 Å². The van der Waals surface area contributed by atoms with E-state index in [1.165, 1.54) is 0 Å². The standard InChI is InChI=1S/2O.Tc.Ti/q2*-2;2*+4. The van der Waals surface area contributed by atoms with E-state index < -0.39 is 0 Å². The SMILES string of the molecule is [O-2].[O-2].[Tc+4].[Ti+4]. The predicted octanol–water partition coefficient (Wildman–Crippen LogP) is -0.243. The van der Waals surface area contributed by atoms with E-state index in [2.05, 4.69) is 0 Å². The third kappa shape index (κ3) is 10.4. The fourth-order valence-corrected chi connectivity index (χ4v) is 0. The van der Waals surface area contributed by atoms with E-state index in [-0.39, 0.29) is 52.8 Å². The van der Waals surface area contributed by atoms with Gasteiger partial charge in [0.25, 0.3) is 0 Å². The molecule has 4 heavy (non-hydrogen) atoms. The third-order valence-corrected chi connectivity index (χ3v) is 0. The average molecular weight is 178 g/mol. The van der Waals surface area contributed by atoms with Crippen LogP contribution in [0.1, 0.15) is 0 Å². The maximum atomic E-state index is 0. The molecule has 0 rings (SSSR count). The number of hydrogen-bond donors (Lipinski definition) is 0. The predicted molar refractivity (Wildman–Crippen MR) is 1.37 cm³/mol. The normalized spacial score (nSPS) is 0. The van der Waals surface area contributed by atoms with Gasteiger partial charge >= 0.3 is 41.8 Å². The van der Waals surface area contributed by atoms with Gasteiger partial charge in [0, 0.05) is 0 Å². The molecule has 0 unspecified atom stereocenters. The molecule has 2 nitrogen and oxygen atoms in total. The first-order valence-electron chi connectivity index (χ1n) is 0. The second kappa shape index (κ2) is 28.0. The molecule has 4 heteroatoms. The first-order valence-corrected chi connectivity index (χ1v) is 0. The quantitative estimate of drug-likeness (QED) is 0.459. The monoisotopic (exact) mass is 177 g/mol. The van der Waals surface area contributed by atoms with Gasteiger partial charge in [0.1, 0.15) is 0 Å². The number of hydrogen-bond acceptors (Lipinski definition) is 0. The fourth-order valence-electron chi connectivity index (χ4n) is 0. The van der Waals surface area contributed by atoms with Crippen LogP contribution in [-0.4, -0.2) is 0 Å². The molecule has 0 N–H and O–H groups in total. The van der Waals surface area contributed by atoms with Gasteiger partial charge in [-0.2, -0.15) is 0 Å². The minimum absolute atomic E-state index is 0. The average Bonchev–Trinajstić information content (AvgIpc) is 0. The van der Waals surface area contributed by atoms with Crippen LogP contribution in [0.25, 0.3) is 0 Å². The van der Waals surface area contributed by atoms with E-state index in [9.17, 15) is 0 Å². The van der Waals surface area contributed by atoms with Crippen molar-refractivity contribution < 1.29 is 52.8 Å². The Balaban J connectivity index is 0. The molecule has 0 bridgehead atoms. The molecule has 0 spiro atoms. The van der Waals surface area contributed by atoms with Gasteiger partial charge in [0.15, 0.2) is 0 Å². The number of rotatable bonds is 0. The zero-order valence-corrected chi connectivity index (χ0v) is 5.11. The molecule has 0 heterocycles. The minimum Gasteiger partial charge on any atom is -2.00 e. The molecule has 19 valence electrons. The molecule has 0 aromatic heterocycles. The largest absolute Gasteiger partial charge is 4.00 e. The minimum atomic E-state index is 0. The van der Waals surface area contributed by atoms with Gasteiger partial charge in [0.05, 0.1) is 0 Å². The van der Waals surface area contributed by atoms with E-state index in [0.717, 1.165) is 0 Å². The van der Waals surface area contributed by atoms with Gasteiger partial charge in [-0.05, 0) is 0 Å². The molecule has 0 aromatic carbocycles. The van der Waals surface area contributed by atoms with Crippen molar-refractivity contribution in [1.82, 2.24) is 0 Å². The summed E-state index contributed by atoms with van der Waals surface area (Å²) in [4.78, 5) is 0. The molecule has 0 saturated carbocycles. The summed E-state index contributed by atoms with van der Waals surface area (Å²) in [6, 6.07) is 0. The van der Waals surface area contributed by atoms with Crippen molar-refractivity contribution in [3.05, 3.63) is 0 Å². The van der Waals surface area contributed by atoms with Crippen LogP contribution in [0.5, 0.6) is 0 Å². The molecule has 0 aliphatic heterocycles. The Morgan fingerprint density at radius 2 is 0.750 bits per heavy atom. The van der Waals surface area contributed by atoms with Crippen molar-refractivity contribution >= 4 is 0 Å². The molecular formula is O2TcTi+4. The molecule has 0 amide bonds. The Morgan fingerprint density at radius 1 is 0.750 bits per heavy atom. The van der Waals surface area contributed by atoms with Crippen LogP contribution >= 0.6 is 0 Å². The van der Waals surface area contributed by atoms with Gasteiger partial charge in [0.2, 0.25) is 0 Å². The van der Waals surface area contributed by atoms with Crippen molar-refractivity contribution in [1.29, 1.82) is 0 Å². The van der Waals surface area contributed by atoms with Crippen molar-refractivity contribution in [3.8, 4) is 0 Å². The van der Waals surface area contributed by atoms with Crippen molar-refractivity contribution in [3.63, 3.8) is 0 Å². The first-order chi connectivity index (χ1) is 0. The third-order valence-electron chi connectivity index (χ3n) is 0. The zero-order chi connectivity index (χ0) is 0. The van der Waals surface area contributed by atoms with Crippen LogP contribution in [0, 0.1) is 0 Å². The Hall–Kier alpha value is 1.28. The molecule has 0 aromatic rings. The molecule has 1 radical (unpaired) electrons. The summed E-state index contributed by atoms with van der Waals surface area (Å²) < 4.78 is 0. The van der Waals surface area contributed by atoms with Gasteiger partial charge in [-0.1, -0.05) is 0 Å². The van der Waals surface area contributed by atoms with Gasteiger partial charge in [-0.3, -0.25) is 0 Å². The van der Waals surface area contributed by atoms with E-state index in [1.54, 1.807) is 0 Å². The van der Waals surface area contributed by atoms with Crippen LogP contribution < -0.4 is 0 Å². The van der Waals surface area contributed by atoms with Crippen LogP contribution in [0.15, 0.2) is 0 Å². The Bertz CT molecular complexity index is 6.00. The summed E-state index contributed by atoms with van der Waals surface area (Å²) in [5, 5.41) is 0.